The first-order valence-electron chi connectivity index (χ1n) is 6.16. The number of carbonyl (C=O) groups is 1. The summed E-state index contributed by atoms with van der Waals surface area (Å²) in [5, 5.41) is 2.48. The fourth-order valence-corrected chi connectivity index (χ4v) is 1.99. The lowest BCUT2D eigenvalue weighted by molar-refractivity contribution is -0.111. The minimum absolute atomic E-state index is 0.141. The molecule has 0 aliphatic rings. The molecule has 1 amide bonds. The Morgan fingerprint density at radius 1 is 1.24 bits per heavy atom. The summed E-state index contributed by atoms with van der Waals surface area (Å²) >= 11 is 3.16. The summed E-state index contributed by atoms with van der Waals surface area (Å²) in [6, 6.07) is 11.7. The molecule has 2 aromatic rings. The monoisotopic (exact) mass is 349 g/mol. The van der Waals surface area contributed by atoms with E-state index in [9.17, 15) is 9.18 Å². The largest absolute Gasteiger partial charge is 0.497 e. The van der Waals surface area contributed by atoms with Gasteiger partial charge in [-0.1, -0.05) is 28.1 Å². The van der Waals surface area contributed by atoms with Crippen LogP contribution in [0.3, 0.4) is 0 Å². The lowest BCUT2D eigenvalue weighted by atomic mass is 10.2. The summed E-state index contributed by atoms with van der Waals surface area (Å²) in [7, 11) is 1.59. The highest BCUT2D eigenvalue weighted by molar-refractivity contribution is 9.10. The molecular formula is C16H13BrFNO2. The molecule has 21 heavy (non-hydrogen) atoms. The smallest absolute Gasteiger partial charge is 0.248 e. The topological polar surface area (TPSA) is 38.3 Å². The summed E-state index contributed by atoms with van der Waals surface area (Å²) < 4.78 is 19.2. The van der Waals surface area contributed by atoms with Gasteiger partial charge in [-0.3, -0.25) is 4.79 Å². The number of benzene rings is 2. The zero-order chi connectivity index (χ0) is 15.2. The molecule has 0 atom stereocenters. The predicted molar refractivity (Wildman–Crippen MR) is 84.8 cm³/mol. The number of halogens is 2. The molecule has 2 rings (SSSR count). The maximum Gasteiger partial charge on any atom is 0.248 e. The molecule has 0 unspecified atom stereocenters. The van der Waals surface area contributed by atoms with Gasteiger partial charge in [0.15, 0.2) is 0 Å². The number of carbonyl (C=O) groups excluding carboxylic acids is 1. The van der Waals surface area contributed by atoms with Crippen molar-refractivity contribution in [3.8, 4) is 5.75 Å². The molecule has 0 bridgehead atoms. The average Bonchev–Trinajstić information content (AvgIpc) is 2.48. The molecule has 1 N–H and O–H groups in total. The lowest BCUT2D eigenvalue weighted by Gasteiger charge is -2.04. The maximum absolute atomic E-state index is 13.6. The molecule has 0 aliphatic carbocycles. The van der Waals surface area contributed by atoms with Crippen LogP contribution in [0.15, 0.2) is 53.0 Å². The van der Waals surface area contributed by atoms with Crippen molar-refractivity contribution in [2.75, 3.05) is 12.4 Å². The molecule has 0 saturated heterocycles. The maximum atomic E-state index is 13.6. The summed E-state index contributed by atoms with van der Waals surface area (Å²) in [6.07, 6.45) is 2.99. The van der Waals surface area contributed by atoms with Crippen molar-refractivity contribution in [1.82, 2.24) is 0 Å². The van der Waals surface area contributed by atoms with Gasteiger partial charge < -0.3 is 10.1 Å². The molecule has 0 spiro atoms. The van der Waals surface area contributed by atoms with Crippen LogP contribution >= 0.6 is 15.9 Å². The standard InChI is InChI=1S/C16H13BrFNO2/c1-21-13-6-2-11(3-7-13)4-9-16(20)19-15-8-5-12(17)10-14(15)18/h2-10H,1H3,(H,19,20)/b9-4+. The third kappa shape index (κ3) is 4.43. The van der Waals surface area contributed by atoms with E-state index in [0.717, 1.165) is 11.3 Å². The van der Waals surface area contributed by atoms with Crippen molar-refractivity contribution in [3.63, 3.8) is 0 Å². The second kappa shape index (κ2) is 7.04. The van der Waals surface area contributed by atoms with Crippen LogP contribution in [0.2, 0.25) is 0 Å². The van der Waals surface area contributed by atoms with E-state index in [1.807, 2.05) is 12.1 Å². The first-order valence-corrected chi connectivity index (χ1v) is 6.96. The number of hydrogen-bond acceptors (Lipinski definition) is 2. The number of amides is 1. The second-order valence-corrected chi connectivity index (χ2v) is 5.14. The fourth-order valence-electron chi connectivity index (χ4n) is 1.65. The fraction of sp³-hybridized carbons (Fsp3) is 0.0625. The number of anilines is 1. The van der Waals surface area contributed by atoms with Crippen LogP contribution < -0.4 is 10.1 Å². The molecule has 0 aromatic heterocycles. The van der Waals surface area contributed by atoms with Crippen LogP contribution in [0.5, 0.6) is 5.75 Å². The van der Waals surface area contributed by atoms with Gasteiger partial charge in [-0.15, -0.1) is 0 Å². The first kappa shape index (κ1) is 15.3. The van der Waals surface area contributed by atoms with Gasteiger partial charge in [0.1, 0.15) is 11.6 Å². The molecule has 2 aromatic carbocycles. The Balaban J connectivity index is 2.01. The van der Waals surface area contributed by atoms with Crippen molar-refractivity contribution in [1.29, 1.82) is 0 Å². The van der Waals surface area contributed by atoms with Crippen molar-refractivity contribution < 1.29 is 13.9 Å². The summed E-state index contributed by atoms with van der Waals surface area (Å²) in [4.78, 5) is 11.7. The van der Waals surface area contributed by atoms with E-state index < -0.39 is 11.7 Å². The molecular weight excluding hydrogens is 337 g/mol. The third-order valence-corrected chi connectivity index (χ3v) is 3.23. The lowest BCUT2D eigenvalue weighted by Crippen LogP contribution is -2.09. The zero-order valence-corrected chi connectivity index (χ0v) is 12.9. The van der Waals surface area contributed by atoms with Gasteiger partial charge in [-0.05, 0) is 42.0 Å². The minimum Gasteiger partial charge on any atom is -0.497 e. The number of nitrogens with one attached hydrogen (secondary N) is 1. The predicted octanol–water partition coefficient (Wildman–Crippen LogP) is 4.25. The van der Waals surface area contributed by atoms with Crippen LogP contribution in [0.4, 0.5) is 10.1 Å². The van der Waals surface area contributed by atoms with Gasteiger partial charge in [0.25, 0.3) is 0 Å². The van der Waals surface area contributed by atoms with E-state index in [4.69, 9.17) is 4.74 Å². The molecule has 5 heteroatoms. The van der Waals surface area contributed by atoms with Gasteiger partial charge in [-0.2, -0.15) is 0 Å². The van der Waals surface area contributed by atoms with Crippen LogP contribution in [0.1, 0.15) is 5.56 Å². The van der Waals surface area contributed by atoms with Crippen molar-refractivity contribution in [2.45, 2.75) is 0 Å². The third-order valence-electron chi connectivity index (χ3n) is 2.73. The molecule has 0 saturated carbocycles. The Bertz CT molecular complexity index is 668. The van der Waals surface area contributed by atoms with E-state index in [-0.39, 0.29) is 5.69 Å². The Kier molecular flexibility index (Phi) is 5.11. The quantitative estimate of drug-likeness (QED) is 0.838. The SMILES string of the molecule is COc1ccc(/C=C/C(=O)Nc2ccc(Br)cc2F)cc1. The summed E-state index contributed by atoms with van der Waals surface area (Å²) in [5.74, 6) is -0.142. The Morgan fingerprint density at radius 2 is 1.95 bits per heavy atom. The summed E-state index contributed by atoms with van der Waals surface area (Å²) in [5.41, 5.74) is 0.991. The van der Waals surface area contributed by atoms with Gasteiger partial charge in [0, 0.05) is 10.5 Å². The second-order valence-electron chi connectivity index (χ2n) is 4.22. The molecule has 0 radical (unpaired) electrons. The van der Waals surface area contributed by atoms with Crippen molar-refractivity contribution >= 4 is 33.6 Å². The van der Waals surface area contributed by atoms with E-state index in [1.54, 1.807) is 31.4 Å². The van der Waals surface area contributed by atoms with E-state index in [1.165, 1.54) is 18.2 Å². The average molecular weight is 350 g/mol. The van der Waals surface area contributed by atoms with Gasteiger partial charge in [0.2, 0.25) is 5.91 Å². The first-order chi connectivity index (χ1) is 10.1. The van der Waals surface area contributed by atoms with Crippen LogP contribution in [0, 0.1) is 5.82 Å². The molecule has 108 valence electrons. The van der Waals surface area contributed by atoms with Crippen LogP contribution in [-0.2, 0) is 4.79 Å². The molecule has 0 aliphatic heterocycles. The highest BCUT2D eigenvalue weighted by Gasteiger charge is 2.04. The normalized spacial score (nSPS) is 10.6. The molecule has 3 nitrogen and oxygen atoms in total. The zero-order valence-electron chi connectivity index (χ0n) is 11.3. The highest BCUT2D eigenvalue weighted by Crippen LogP contribution is 2.19. The van der Waals surface area contributed by atoms with Crippen LogP contribution in [0.25, 0.3) is 6.08 Å². The van der Waals surface area contributed by atoms with Gasteiger partial charge in [0.05, 0.1) is 12.8 Å². The highest BCUT2D eigenvalue weighted by atomic mass is 79.9. The Morgan fingerprint density at radius 3 is 2.57 bits per heavy atom. The Labute approximate surface area is 130 Å². The van der Waals surface area contributed by atoms with Gasteiger partial charge >= 0.3 is 0 Å². The number of hydrogen-bond donors (Lipinski definition) is 1. The minimum atomic E-state index is -0.490. The van der Waals surface area contributed by atoms with Crippen molar-refractivity contribution in [3.05, 3.63) is 64.4 Å². The van der Waals surface area contributed by atoms with Crippen molar-refractivity contribution in [2.24, 2.45) is 0 Å². The van der Waals surface area contributed by atoms with E-state index in [0.29, 0.717) is 4.47 Å². The summed E-state index contributed by atoms with van der Waals surface area (Å²) in [6.45, 7) is 0. The number of ether oxygens (including phenoxy) is 1. The van der Waals surface area contributed by atoms with E-state index in [2.05, 4.69) is 21.2 Å². The van der Waals surface area contributed by atoms with Gasteiger partial charge in [-0.25, -0.2) is 4.39 Å². The molecule has 0 heterocycles. The number of methoxy groups -OCH3 is 1. The van der Waals surface area contributed by atoms with E-state index >= 15 is 0 Å². The van der Waals surface area contributed by atoms with Crippen LogP contribution in [-0.4, -0.2) is 13.0 Å². The Hall–Kier alpha value is -2.14. The number of rotatable bonds is 4. The molecule has 0 fully saturated rings.